The van der Waals surface area contributed by atoms with E-state index in [4.69, 9.17) is 9.73 Å². The lowest BCUT2D eigenvalue weighted by Gasteiger charge is -2.28. The number of nitrogens with zero attached hydrogens (tertiary/aromatic N) is 2. The van der Waals surface area contributed by atoms with E-state index in [1.807, 2.05) is 31.8 Å². The van der Waals surface area contributed by atoms with Crippen LogP contribution in [0.5, 0.6) is 5.75 Å². The van der Waals surface area contributed by atoms with Crippen molar-refractivity contribution in [3.8, 4) is 5.75 Å². The summed E-state index contributed by atoms with van der Waals surface area (Å²) in [5.74, 6) is 3.43. The summed E-state index contributed by atoms with van der Waals surface area (Å²) >= 11 is 3.99. The number of fused-ring (bicyclic) bond motifs is 1. The second-order valence-electron chi connectivity index (χ2n) is 6.60. The molecule has 7 heteroatoms. The number of H-pyrrole nitrogens is 1. The second-order valence-corrected chi connectivity index (χ2v) is 9.11. The van der Waals surface area contributed by atoms with Crippen LogP contribution in [0, 0.1) is 0 Å². The molecule has 0 amide bonds. The zero-order valence-electron chi connectivity index (χ0n) is 15.4. The fourth-order valence-corrected chi connectivity index (χ4v) is 5.63. The Morgan fingerprint density at radius 1 is 1.31 bits per heavy atom. The molecule has 26 heavy (non-hydrogen) atoms. The Bertz CT molecular complexity index is 798. The summed E-state index contributed by atoms with van der Waals surface area (Å²) in [5, 5.41) is 6.14. The van der Waals surface area contributed by atoms with Crippen molar-refractivity contribution in [2.45, 2.75) is 12.2 Å². The number of anilines is 1. The minimum absolute atomic E-state index is 0.572. The number of aromatic amines is 1. The minimum Gasteiger partial charge on any atom is -0.494 e. The van der Waals surface area contributed by atoms with Gasteiger partial charge >= 0.3 is 0 Å². The predicted octanol–water partition coefficient (Wildman–Crippen LogP) is 3.52. The summed E-state index contributed by atoms with van der Waals surface area (Å²) in [5.41, 5.74) is 3.29. The molecule has 0 spiro atoms. The minimum atomic E-state index is 0.572. The molecule has 2 aromatic rings. The van der Waals surface area contributed by atoms with Gasteiger partial charge in [0.15, 0.2) is 0 Å². The molecular weight excluding hydrogens is 364 g/mol. The Morgan fingerprint density at radius 2 is 2.15 bits per heavy atom. The molecule has 1 atom stereocenters. The van der Waals surface area contributed by atoms with E-state index in [1.165, 1.54) is 24.6 Å². The molecule has 1 fully saturated rings. The van der Waals surface area contributed by atoms with Crippen molar-refractivity contribution in [3.05, 3.63) is 23.9 Å². The number of rotatable bonds is 6. The number of thioether (sulfide) groups is 2. The van der Waals surface area contributed by atoms with Crippen molar-refractivity contribution in [2.75, 3.05) is 56.7 Å². The molecule has 0 saturated carbocycles. The largest absolute Gasteiger partial charge is 0.494 e. The van der Waals surface area contributed by atoms with Gasteiger partial charge in [0.1, 0.15) is 10.8 Å². The predicted molar refractivity (Wildman–Crippen MR) is 116 cm³/mol. The van der Waals surface area contributed by atoms with E-state index in [-0.39, 0.29) is 0 Å². The van der Waals surface area contributed by atoms with Crippen LogP contribution >= 0.6 is 23.5 Å². The van der Waals surface area contributed by atoms with Crippen LogP contribution in [0.25, 0.3) is 10.9 Å². The summed E-state index contributed by atoms with van der Waals surface area (Å²) < 4.78 is 5.70. The van der Waals surface area contributed by atoms with E-state index >= 15 is 0 Å². The fourth-order valence-electron chi connectivity index (χ4n) is 3.51. The number of hydrogen-bond donors (Lipinski definition) is 2. The van der Waals surface area contributed by atoms with Crippen LogP contribution in [0.2, 0.25) is 0 Å². The molecule has 3 heterocycles. The molecule has 5 nitrogen and oxygen atoms in total. The Hall–Kier alpha value is -1.31. The molecule has 1 aromatic carbocycles. The average molecular weight is 391 g/mol. The molecular formula is C19H26N4OS2. The van der Waals surface area contributed by atoms with Crippen molar-refractivity contribution in [1.29, 1.82) is 0 Å². The van der Waals surface area contributed by atoms with Crippen LogP contribution < -0.4 is 10.1 Å². The smallest absolute Gasteiger partial charge is 0.122 e. The number of benzene rings is 1. The maximum absolute atomic E-state index is 5.70. The number of aromatic nitrogens is 1. The van der Waals surface area contributed by atoms with Crippen LogP contribution in [0.15, 0.2) is 23.2 Å². The van der Waals surface area contributed by atoms with Crippen molar-refractivity contribution in [3.63, 3.8) is 0 Å². The molecule has 4 rings (SSSR count). The van der Waals surface area contributed by atoms with E-state index in [0.29, 0.717) is 11.9 Å². The number of ether oxygens (including phenoxy) is 1. The summed E-state index contributed by atoms with van der Waals surface area (Å²) in [6.07, 6.45) is 0. The lowest BCUT2D eigenvalue weighted by Crippen LogP contribution is -2.37. The highest BCUT2D eigenvalue weighted by Gasteiger charge is 2.25. The summed E-state index contributed by atoms with van der Waals surface area (Å²) in [6, 6.07) is 6.35. The first-order valence-electron chi connectivity index (χ1n) is 9.25. The van der Waals surface area contributed by atoms with Gasteiger partial charge in [-0.25, -0.2) is 0 Å². The van der Waals surface area contributed by atoms with Crippen LogP contribution in [-0.2, 0) is 0 Å². The third-order valence-electron chi connectivity index (χ3n) is 4.79. The molecule has 1 saturated heterocycles. The SMILES string of the molecule is CCOc1cc(NC)c2[nH]c(C3=NCC(CN4CCSCC4)S3)cc2c1. The van der Waals surface area contributed by atoms with Gasteiger partial charge in [0.25, 0.3) is 0 Å². The molecule has 2 aliphatic rings. The topological polar surface area (TPSA) is 52.6 Å². The van der Waals surface area contributed by atoms with E-state index in [1.54, 1.807) is 0 Å². The Kier molecular flexibility index (Phi) is 5.66. The molecule has 2 aliphatic heterocycles. The molecule has 1 aromatic heterocycles. The van der Waals surface area contributed by atoms with E-state index < -0.39 is 0 Å². The zero-order chi connectivity index (χ0) is 17.9. The van der Waals surface area contributed by atoms with Crippen LogP contribution in [-0.4, -0.2) is 71.5 Å². The first kappa shape index (κ1) is 18.1. The first-order chi connectivity index (χ1) is 12.8. The van der Waals surface area contributed by atoms with Gasteiger partial charge < -0.3 is 19.9 Å². The third kappa shape index (κ3) is 3.85. The molecule has 0 aliphatic carbocycles. The van der Waals surface area contributed by atoms with Gasteiger partial charge in [0.05, 0.1) is 30.0 Å². The maximum atomic E-state index is 5.70. The van der Waals surface area contributed by atoms with Gasteiger partial charge in [-0.15, -0.1) is 0 Å². The van der Waals surface area contributed by atoms with Gasteiger partial charge in [-0.3, -0.25) is 4.99 Å². The Morgan fingerprint density at radius 3 is 2.92 bits per heavy atom. The molecule has 2 N–H and O–H groups in total. The number of aliphatic imine (C=N–C) groups is 1. The third-order valence-corrected chi connectivity index (χ3v) is 6.94. The van der Waals surface area contributed by atoms with Crippen molar-refractivity contribution < 1.29 is 4.74 Å². The van der Waals surface area contributed by atoms with Crippen molar-refractivity contribution in [2.24, 2.45) is 4.99 Å². The summed E-state index contributed by atoms with van der Waals surface area (Å²) in [7, 11) is 1.94. The van der Waals surface area contributed by atoms with Gasteiger partial charge in [0, 0.05) is 54.9 Å². The summed E-state index contributed by atoms with van der Waals surface area (Å²) in [4.78, 5) is 11.0. The lowest BCUT2D eigenvalue weighted by atomic mass is 10.2. The standard InChI is InChI=1S/C19H26N4OS2/c1-3-24-14-8-13-9-17(22-18(13)16(10-14)20-2)19-21-11-15(26-19)12-23-4-6-25-7-5-23/h8-10,15,20,22H,3-7,11-12H2,1-2H3. The highest BCUT2D eigenvalue weighted by atomic mass is 32.2. The van der Waals surface area contributed by atoms with Gasteiger partial charge in [-0.2, -0.15) is 11.8 Å². The van der Waals surface area contributed by atoms with Crippen LogP contribution in [0.4, 0.5) is 5.69 Å². The van der Waals surface area contributed by atoms with Crippen molar-refractivity contribution in [1.82, 2.24) is 9.88 Å². The highest BCUT2D eigenvalue weighted by Crippen LogP contribution is 2.33. The molecule has 1 unspecified atom stereocenters. The second kappa shape index (κ2) is 8.15. The Balaban J connectivity index is 1.50. The average Bonchev–Trinajstić information content (AvgIpc) is 3.29. The number of hydrogen-bond acceptors (Lipinski definition) is 6. The van der Waals surface area contributed by atoms with Crippen LogP contribution in [0.3, 0.4) is 0 Å². The maximum Gasteiger partial charge on any atom is 0.122 e. The zero-order valence-corrected chi connectivity index (χ0v) is 17.0. The van der Waals surface area contributed by atoms with Gasteiger partial charge in [0.2, 0.25) is 0 Å². The first-order valence-corrected chi connectivity index (χ1v) is 11.3. The Labute approximate surface area is 163 Å². The highest BCUT2D eigenvalue weighted by molar-refractivity contribution is 8.15. The summed E-state index contributed by atoms with van der Waals surface area (Å²) in [6.45, 7) is 7.18. The number of nitrogens with one attached hydrogen (secondary N) is 2. The van der Waals surface area contributed by atoms with Crippen molar-refractivity contribution >= 4 is 45.2 Å². The van der Waals surface area contributed by atoms with Gasteiger partial charge in [-0.05, 0) is 19.1 Å². The fraction of sp³-hybridized carbons (Fsp3) is 0.526. The monoisotopic (exact) mass is 390 g/mol. The lowest BCUT2D eigenvalue weighted by molar-refractivity contribution is 0.305. The van der Waals surface area contributed by atoms with Crippen LogP contribution in [0.1, 0.15) is 12.6 Å². The van der Waals surface area contributed by atoms with E-state index in [9.17, 15) is 0 Å². The molecule has 0 bridgehead atoms. The molecule has 0 radical (unpaired) electrons. The normalized spacial score (nSPS) is 21.2. The van der Waals surface area contributed by atoms with Gasteiger partial charge in [-0.1, -0.05) is 11.8 Å². The quantitative estimate of drug-likeness (QED) is 0.790. The van der Waals surface area contributed by atoms with E-state index in [2.05, 4.69) is 39.1 Å². The molecule has 140 valence electrons. The van der Waals surface area contributed by atoms with E-state index in [0.717, 1.165) is 46.2 Å².